The van der Waals surface area contributed by atoms with Gasteiger partial charge in [0.1, 0.15) is 0 Å². The van der Waals surface area contributed by atoms with Gasteiger partial charge in [-0.2, -0.15) is 10.2 Å². The minimum atomic E-state index is 0.529. The normalized spacial score (nSPS) is 18.6. The monoisotopic (exact) mass is 338 g/mol. The van der Waals surface area contributed by atoms with Crippen LogP contribution in [0.5, 0.6) is 0 Å². The highest BCUT2D eigenvalue weighted by molar-refractivity contribution is 5.51. The Bertz CT molecular complexity index is 848. The molecule has 0 amide bonds. The summed E-state index contributed by atoms with van der Waals surface area (Å²) in [4.78, 5) is 7.20. The van der Waals surface area contributed by atoms with Gasteiger partial charge >= 0.3 is 0 Å². The number of hydrogen-bond acceptors (Lipinski definition) is 4. The summed E-state index contributed by atoms with van der Waals surface area (Å²) in [5, 5.41) is 9.14. The lowest BCUT2D eigenvalue weighted by atomic mass is 10.0. The van der Waals surface area contributed by atoms with Crippen LogP contribution in [0, 0.1) is 12.8 Å². The third kappa shape index (κ3) is 3.18. The highest BCUT2D eigenvalue weighted by Gasteiger charge is 2.27. The summed E-state index contributed by atoms with van der Waals surface area (Å²) in [6, 6.07) is 4.09. The van der Waals surface area contributed by atoms with Crippen LogP contribution in [0.15, 0.2) is 30.7 Å². The third-order valence-electron chi connectivity index (χ3n) is 5.04. The number of aromatic nitrogens is 5. The molecule has 132 valence electrons. The summed E-state index contributed by atoms with van der Waals surface area (Å²) in [6.07, 6.45) is 6.91. The minimum Gasteiger partial charge on any atom is -0.302 e. The van der Waals surface area contributed by atoms with E-state index in [4.69, 9.17) is 5.10 Å². The molecule has 0 bridgehead atoms. The number of likely N-dealkylation sites (tertiary alicyclic amines) is 1. The Balaban J connectivity index is 1.65. The molecule has 0 radical (unpaired) electrons. The van der Waals surface area contributed by atoms with Crippen molar-refractivity contribution in [3.8, 4) is 0 Å². The summed E-state index contributed by atoms with van der Waals surface area (Å²) >= 11 is 0. The van der Waals surface area contributed by atoms with E-state index in [9.17, 15) is 0 Å². The first-order chi connectivity index (χ1) is 12.1. The fourth-order valence-electron chi connectivity index (χ4n) is 3.92. The molecule has 4 rings (SSSR count). The Morgan fingerprint density at radius 2 is 2.16 bits per heavy atom. The van der Waals surface area contributed by atoms with Gasteiger partial charge in [0.2, 0.25) is 0 Å². The first kappa shape index (κ1) is 16.3. The van der Waals surface area contributed by atoms with Gasteiger partial charge < -0.3 is 4.90 Å². The van der Waals surface area contributed by atoms with Gasteiger partial charge in [0.25, 0.3) is 0 Å². The fraction of sp³-hybridized carbons (Fsp3) is 0.526. The van der Waals surface area contributed by atoms with E-state index in [1.807, 2.05) is 29.3 Å². The number of rotatable bonds is 5. The van der Waals surface area contributed by atoms with Crippen LogP contribution in [0.2, 0.25) is 0 Å². The van der Waals surface area contributed by atoms with Crippen LogP contribution in [0.4, 0.5) is 0 Å². The van der Waals surface area contributed by atoms with Crippen LogP contribution in [0.1, 0.15) is 43.1 Å². The van der Waals surface area contributed by atoms with E-state index in [1.54, 1.807) is 0 Å². The van der Waals surface area contributed by atoms with Crippen LogP contribution in [-0.2, 0) is 6.54 Å². The highest BCUT2D eigenvalue weighted by Crippen LogP contribution is 2.28. The second-order valence-electron chi connectivity index (χ2n) is 7.51. The average molecular weight is 338 g/mol. The maximum Gasteiger partial charge on any atom is 0.160 e. The number of aryl methyl sites for hydroxylation is 1. The molecule has 1 aliphatic heterocycles. The molecule has 0 saturated carbocycles. The minimum absolute atomic E-state index is 0.529. The van der Waals surface area contributed by atoms with Crippen LogP contribution in [0.3, 0.4) is 0 Å². The van der Waals surface area contributed by atoms with E-state index in [-0.39, 0.29) is 0 Å². The van der Waals surface area contributed by atoms with E-state index in [2.05, 4.69) is 46.3 Å². The smallest absolute Gasteiger partial charge is 0.160 e. The second kappa shape index (κ2) is 6.59. The van der Waals surface area contributed by atoms with Gasteiger partial charge in [0.05, 0.1) is 17.9 Å². The molecule has 1 aliphatic rings. The SMILES string of the molecule is Cc1nn2c([C@@H]3CCN(CC(C)C)C3)ccnc2c1Cn1cccn1. The molecule has 0 aromatic carbocycles. The molecular formula is C19H26N6. The van der Waals surface area contributed by atoms with Gasteiger partial charge in [-0.15, -0.1) is 0 Å². The zero-order valence-corrected chi connectivity index (χ0v) is 15.3. The van der Waals surface area contributed by atoms with Crippen molar-refractivity contribution in [2.75, 3.05) is 19.6 Å². The molecule has 6 nitrogen and oxygen atoms in total. The number of nitrogens with zero attached hydrogens (tertiary/aromatic N) is 6. The largest absolute Gasteiger partial charge is 0.302 e. The second-order valence-corrected chi connectivity index (χ2v) is 7.51. The fourth-order valence-corrected chi connectivity index (χ4v) is 3.92. The standard InChI is InChI=1S/C19H26N6/c1-14(2)11-23-10-6-16(12-23)18-5-8-20-19-17(15(3)22-25(18)19)13-24-9-4-7-21-24/h4-5,7-9,14,16H,6,10-13H2,1-3H3/t16-/m1/s1. The molecule has 3 aromatic rings. The van der Waals surface area contributed by atoms with Crippen molar-refractivity contribution < 1.29 is 0 Å². The predicted octanol–water partition coefficient (Wildman–Crippen LogP) is 2.73. The van der Waals surface area contributed by atoms with Gasteiger partial charge in [-0.25, -0.2) is 9.50 Å². The Morgan fingerprint density at radius 1 is 1.28 bits per heavy atom. The molecule has 0 unspecified atom stereocenters. The molecule has 0 aliphatic carbocycles. The zero-order chi connectivity index (χ0) is 17.4. The lowest BCUT2D eigenvalue weighted by Gasteiger charge is -2.18. The molecule has 3 aromatic heterocycles. The Labute approximate surface area is 148 Å². The molecule has 25 heavy (non-hydrogen) atoms. The average Bonchev–Trinajstić information content (AvgIpc) is 3.29. The van der Waals surface area contributed by atoms with Gasteiger partial charge in [0, 0.05) is 43.2 Å². The molecule has 4 heterocycles. The topological polar surface area (TPSA) is 51.2 Å². The molecule has 1 saturated heterocycles. The Morgan fingerprint density at radius 3 is 2.92 bits per heavy atom. The van der Waals surface area contributed by atoms with Gasteiger partial charge in [0.15, 0.2) is 5.65 Å². The zero-order valence-electron chi connectivity index (χ0n) is 15.3. The van der Waals surface area contributed by atoms with Crippen LogP contribution >= 0.6 is 0 Å². The Kier molecular flexibility index (Phi) is 4.29. The molecule has 0 spiro atoms. The first-order valence-electron chi connectivity index (χ1n) is 9.14. The summed E-state index contributed by atoms with van der Waals surface area (Å²) in [7, 11) is 0. The van der Waals surface area contributed by atoms with E-state index < -0.39 is 0 Å². The van der Waals surface area contributed by atoms with Crippen LogP contribution in [-0.4, -0.2) is 48.9 Å². The molecule has 6 heteroatoms. The van der Waals surface area contributed by atoms with Crippen molar-refractivity contribution in [1.29, 1.82) is 0 Å². The van der Waals surface area contributed by atoms with Crippen molar-refractivity contribution >= 4 is 5.65 Å². The predicted molar refractivity (Wildman–Crippen MR) is 97.7 cm³/mol. The van der Waals surface area contributed by atoms with E-state index in [0.29, 0.717) is 18.4 Å². The van der Waals surface area contributed by atoms with Gasteiger partial charge in [-0.05, 0) is 37.9 Å². The van der Waals surface area contributed by atoms with Crippen molar-refractivity contribution in [1.82, 2.24) is 29.3 Å². The van der Waals surface area contributed by atoms with Crippen molar-refractivity contribution in [3.05, 3.63) is 47.7 Å². The summed E-state index contributed by atoms with van der Waals surface area (Å²) in [5.74, 6) is 1.24. The lowest BCUT2D eigenvalue weighted by Crippen LogP contribution is -2.25. The lowest BCUT2D eigenvalue weighted by molar-refractivity contribution is 0.294. The van der Waals surface area contributed by atoms with Crippen molar-refractivity contribution in [2.45, 2.75) is 39.7 Å². The number of hydrogen-bond donors (Lipinski definition) is 0. The summed E-state index contributed by atoms with van der Waals surface area (Å²) < 4.78 is 4.00. The van der Waals surface area contributed by atoms with E-state index >= 15 is 0 Å². The van der Waals surface area contributed by atoms with Gasteiger partial charge in [-0.3, -0.25) is 4.68 Å². The number of fused-ring (bicyclic) bond motifs is 1. The molecule has 1 fully saturated rings. The van der Waals surface area contributed by atoms with Crippen molar-refractivity contribution in [3.63, 3.8) is 0 Å². The molecular weight excluding hydrogens is 312 g/mol. The van der Waals surface area contributed by atoms with Crippen LogP contribution in [0.25, 0.3) is 5.65 Å². The summed E-state index contributed by atoms with van der Waals surface area (Å²) in [5.41, 5.74) is 4.44. The highest BCUT2D eigenvalue weighted by atomic mass is 15.3. The Hall–Kier alpha value is -2.21. The van der Waals surface area contributed by atoms with E-state index in [1.165, 1.54) is 25.2 Å². The van der Waals surface area contributed by atoms with Crippen LogP contribution < -0.4 is 0 Å². The quantitative estimate of drug-likeness (QED) is 0.718. The molecule has 1 atom stereocenters. The van der Waals surface area contributed by atoms with E-state index in [0.717, 1.165) is 23.4 Å². The maximum atomic E-state index is 4.82. The maximum absolute atomic E-state index is 4.82. The third-order valence-corrected chi connectivity index (χ3v) is 5.04. The first-order valence-corrected chi connectivity index (χ1v) is 9.14. The summed E-state index contributed by atoms with van der Waals surface area (Å²) in [6.45, 7) is 10.8. The van der Waals surface area contributed by atoms with Gasteiger partial charge in [-0.1, -0.05) is 13.8 Å². The van der Waals surface area contributed by atoms with Crippen molar-refractivity contribution in [2.24, 2.45) is 5.92 Å². The molecule has 0 N–H and O–H groups in total.